The van der Waals surface area contributed by atoms with Gasteiger partial charge in [0.1, 0.15) is 0 Å². The maximum atomic E-state index is 11.3. The van der Waals surface area contributed by atoms with Gasteiger partial charge in [-0.2, -0.15) is 0 Å². The van der Waals surface area contributed by atoms with Gasteiger partial charge < -0.3 is 14.8 Å². The van der Waals surface area contributed by atoms with Crippen molar-refractivity contribution in [1.82, 2.24) is 5.32 Å². The Morgan fingerprint density at radius 1 is 1.40 bits per heavy atom. The van der Waals surface area contributed by atoms with Gasteiger partial charge in [-0.05, 0) is 38.8 Å². The van der Waals surface area contributed by atoms with Crippen molar-refractivity contribution in [3.63, 3.8) is 0 Å². The van der Waals surface area contributed by atoms with E-state index in [1.165, 1.54) is 7.11 Å². The lowest BCUT2D eigenvalue weighted by molar-refractivity contribution is -0.162. The number of ether oxygens (including phenoxy) is 2. The first-order chi connectivity index (χ1) is 7.26. The molecule has 0 aromatic carbocycles. The Bertz CT molecular complexity index is 226. The van der Waals surface area contributed by atoms with Crippen LogP contribution >= 0.6 is 0 Å². The Morgan fingerprint density at radius 2 is 2.13 bits per heavy atom. The van der Waals surface area contributed by atoms with E-state index in [4.69, 9.17) is 9.47 Å². The Hall–Kier alpha value is -0.610. The lowest BCUT2D eigenvalue weighted by Gasteiger charge is -2.42. The normalized spacial score (nSPS) is 30.1. The van der Waals surface area contributed by atoms with Crippen LogP contribution in [0.1, 0.15) is 25.7 Å². The molecule has 1 spiro atoms. The number of piperidine rings is 1. The molecule has 4 nitrogen and oxygen atoms in total. The van der Waals surface area contributed by atoms with Crippen LogP contribution in [0, 0.1) is 5.92 Å². The molecule has 4 heteroatoms. The second kappa shape index (κ2) is 4.49. The summed E-state index contributed by atoms with van der Waals surface area (Å²) in [6, 6.07) is 0. The van der Waals surface area contributed by atoms with Crippen molar-refractivity contribution in [2.24, 2.45) is 5.92 Å². The number of rotatable bonds is 1. The zero-order valence-corrected chi connectivity index (χ0v) is 9.25. The highest BCUT2D eigenvalue weighted by Gasteiger charge is 2.39. The average molecular weight is 213 g/mol. The Labute approximate surface area is 90.3 Å². The quantitative estimate of drug-likeness (QED) is 0.652. The molecule has 2 rings (SSSR count). The average Bonchev–Trinajstić information content (AvgIpc) is 2.30. The number of hydrogen-bond acceptors (Lipinski definition) is 4. The minimum absolute atomic E-state index is 0.0458. The number of nitrogens with one attached hydrogen (secondary N) is 1. The van der Waals surface area contributed by atoms with Gasteiger partial charge in [-0.3, -0.25) is 4.79 Å². The first kappa shape index (κ1) is 10.9. The van der Waals surface area contributed by atoms with E-state index < -0.39 is 0 Å². The Morgan fingerprint density at radius 3 is 2.67 bits per heavy atom. The first-order valence-corrected chi connectivity index (χ1v) is 5.68. The lowest BCUT2D eigenvalue weighted by Crippen LogP contribution is -2.48. The Balaban J connectivity index is 1.88. The molecule has 0 amide bonds. The smallest absolute Gasteiger partial charge is 0.311 e. The van der Waals surface area contributed by atoms with E-state index in [1.54, 1.807) is 0 Å². The fourth-order valence-corrected chi connectivity index (χ4v) is 2.50. The van der Waals surface area contributed by atoms with Gasteiger partial charge in [-0.25, -0.2) is 0 Å². The Kier molecular flexibility index (Phi) is 3.26. The molecule has 0 unspecified atom stereocenters. The van der Waals surface area contributed by atoms with Crippen molar-refractivity contribution in [2.45, 2.75) is 31.3 Å². The summed E-state index contributed by atoms with van der Waals surface area (Å²) >= 11 is 0. The zero-order valence-electron chi connectivity index (χ0n) is 9.25. The number of carbonyl (C=O) groups excluding carboxylic acids is 1. The fourth-order valence-electron chi connectivity index (χ4n) is 2.50. The van der Waals surface area contributed by atoms with E-state index in [-0.39, 0.29) is 17.5 Å². The van der Waals surface area contributed by atoms with Crippen molar-refractivity contribution >= 4 is 5.97 Å². The van der Waals surface area contributed by atoms with Gasteiger partial charge in [0, 0.05) is 0 Å². The molecule has 0 saturated carbocycles. The van der Waals surface area contributed by atoms with Crippen LogP contribution in [0.25, 0.3) is 0 Å². The zero-order chi connectivity index (χ0) is 10.7. The highest BCUT2D eigenvalue weighted by Crippen LogP contribution is 2.35. The second-order valence-corrected chi connectivity index (χ2v) is 4.50. The summed E-state index contributed by atoms with van der Waals surface area (Å²) in [5, 5.41) is 3.33. The van der Waals surface area contributed by atoms with Gasteiger partial charge in [0.25, 0.3) is 0 Å². The third-order valence-electron chi connectivity index (χ3n) is 3.59. The summed E-state index contributed by atoms with van der Waals surface area (Å²) in [6.07, 6.45) is 4.04. The molecular formula is C11H19NO3. The van der Waals surface area contributed by atoms with Gasteiger partial charge in [0.15, 0.2) is 0 Å². The topological polar surface area (TPSA) is 47.6 Å². The molecule has 86 valence electrons. The van der Waals surface area contributed by atoms with Crippen LogP contribution < -0.4 is 5.32 Å². The van der Waals surface area contributed by atoms with Crippen LogP contribution in [0.4, 0.5) is 0 Å². The number of methoxy groups -OCH3 is 1. The van der Waals surface area contributed by atoms with E-state index in [0.29, 0.717) is 6.61 Å². The molecule has 2 aliphatic heterocycles. The maximum Gasteiger partial charge on any atom is 0.311 e. The number of esters is 1. The molecule has 2 aliphatic rings. The molecular weight excluding hydrogens is 194 g/mol. The number of hydrogen-bond donors (Lipinski definition) is 1. The summed E-state index contributed by atoms with van der Waals surface area (Å²) in [7, 11) is 1.44. The summed E-state index contributed by atoms with van der Waals surface area (Å²) < 4.78 is 10.6. The van der Waals surface area contributed by atoms with Crippen LogP contribution in [-0.2, 0) is 14.3 Å². The molecule has 2 fully saturated rings. The highest BCUT2D eigenvalue weighted by molar-refractivity contribution is 5.72. The molecule has 0 aliphatic carbocycles. The van der Waals surface area contributed by atoms with E-state index in [0.717, 1.165) is 38.8 Å². The fraction of sp³-hybridized carbons (Fsp3) is 0.909. The third-order valence-corrected chi connectivity index (χ3v) is 3.59. The van der Waals surface area contributed by atoms with Crippen LogP contribution in [0.15, 0.2) is 0 Å². The molecule has 0 bridgehead atoms. The minimum atomic E-state index is -0.126. The van der Waals surface area contributed by atoms with Crippen molar-refractivity contribution < 1.29 is 14.3 Å². The number of carbonyl (C=O) groups is 1. The summed E-state index contributed by atoms with van der Waals surface area (Å²) in [6.45, 7) is 2.60. The highest BCUT2D eigenvalue weighted by atomic mass is 16.5. The van der Waals surface area contributed by atoms with E-state index in [2.05, 4.69) is 5.32 Å². The van der Waals surface area contributed by atoms with Crippen LogP contribution in [0.5, 0.6) is 0 Å². The van der Waals surface area contributed by atoms with Crippen molar-refractivity contribution in [3.8, 4) is 0 Å². The van der Waals surface area contributed by atoms with Gasteiger partial charge in [0.05, 0.1) is 25.2 Å². The van der Waals surface area contributed by atoms with E-state index >= 15 is 0 Å². The molecule has 2 saturated heterocycles. The van der Waals surface area contributed by atoms with Crippen molar-refractivity contribution in [1.29, 1.82) is 0 Å². The minimum Gasteiger partial charge on any atom is -0.469 e. The third kappa shape index (κ3) is 2.32. The molecule has 2 heterocycles. The van der Waals surface area contributed by atoms with E-state index in [9.17, 15) is 4.79 Å². The predicted octanol–water partition coefficient (Wildman–Crippen LogP) is 0.708. The predicted molar refractivity (Wildman–Crippen MR) is 55.5 cm³/mol. The van der Waals surface area contributed by atoms with Gasteiger partial charge >= 0.3 is 5.97 Å². The molecule has 1 N–H and O–H groups in total. The maximum absolute atomic E-state index is 11.3. The van der Waals surface area contributed by atoms with Gasteiger partial charge in [-0.1, -0.05) is 0 Å². The van der Waals surface area contributed by atoms with Gasteiger partial charge in [-0.15, -0.1) is 0 Å². The first-order valence-electron chi connectivity index (χ1n) is 5.68. The monoisotopic (exact) mass is 213 g/mol. The van der Waals surface area contributed by atoms with Crippen LogP contribution in [0.3, 0.4) is 0 Å². The molecule has 0 aromatic heterocycles. The van der Waals surface area contributed by atoms with Crippen LogP contribution in [-0.4, -0.2) is 38.4 Å². The molecule has 0 aromatic rings. The summed E-state index contributed by atoms with van der Waals surface area (Å²) in [5.74, 6) is -0.172. The largest absolute Gasteiger partial charge is 0.469 e. The van der Waals surface area contributed by atoms with Crippen LogP contribution in [0.2, 0.25) is 0 Å². The summed E-state index contributed by atoms with van der Waals surface area (Å²) in [5.41, 5.74) is 0.0514. The SMILES string of the molecule is COC(=O)[C@@H]1CCC2(CCNCC2)OC1. The van der Waals surface area contributed by atoms with Gasteiger partial charge in [0.2, 0.25) is 0 Å². The summed E-state index contributed by atoms with van der Waals surface area (Å²) in [4.78, 5) is 11.3. The standard InChI is InChI=1S/C11H19NO3/c1-14-10(13)9-2-3-11(15-8-9)4-6-12-7-5-11/h9,12H,2-8H2,1H3/t9-/m1/s1. The molecule has 15 heavy (non-hydrogen) atoms. The van der Waals surface area contributed by atoms with E-state index in [1.807, 2.05) is 0 Å². The molecule has 0 radical (unpaired) electrons. The lowest BCUT2D eigenvalue weighted by atomic mass is 9.82. The second-order valence-electron chi connectivity index (χ2n) is 4.50. The molecule has 1 atom stereocenters. The van der Waals surface area contributed by atoms with Crippen molar-refractivity contribution in [2.75, 3.05) is 26.8 Å². The van der Waals surface area contributed by atoms with Crippen molar-refractivity contribution in [3.05, 3.63) is 0 Å².